The van der Waals surface area contributed by atoms with Gasteiger partial charge in [0.05, 0.1) is 12.7 Å². The molecule has 0 aliphatic carbocycles. The number of rotatable bonds is 4. The van der Waals surface area contributed by atoms with Gasteiger partial charge in [0.1, 0.15) is 0 Å². The summed E-state index contributed by atoms with van der Waals surface area (Å²) in [5, 5.41) is 0. The molecule has 1 atom stereocenters. The van der Waals surface area contributed by atoms with Crippen LogP contribution >= 0.6 is 0 Å². The molecule has 0 saturated carbocycles. The average Bonchev–Trinajstić information content (AvgIpc) is 2.25. The van der Waals surface area contributed by atoms with Gasteiger partial charge in [-0.15, -0.1) is 0 Å². The van der Waals surface area contributed by atoms with Crippen LogP contribution in [-0.2, 0) is 16.8 Å². The number of hydrogen-bond acceptors (Lipinski definition) is 1. The van der Waals surface area contributed by atoms with Crippen LogP contribution in [0.2, 0.25) is 0 Å². The lowest BCUT2D eigenvalue weighted by molar-refractivity contribution is 0.0508. The number of benzene rings is 1. The van der Waals surface area contributed by atoms with Gasteiger partial charge in [-0.05, 0) is 29.9 Å². The van der Waals surface area contributed by atoms with Crippen LogP contribution in [0.3, 0.4) is 0 Å². The highest BCUT2D eigenvalue weighted by atomic mass is 16.5. The minimum Gasteiger partial charge on any atom is -0.374 e. The molecule has 0 fully saturated rings. The van der Waals surface area contributed by atoms with Crippen LogP contribution in [0.4, 0.5) is 0 Å². The van der Waals surface area contributed by atoms with E-state index in [2.05, 4.69) is 58.9 Å². The summed E-state index contributed by atoms with van der Waals surface area (Å²) in [7, 11) is 0. The predicted octanol–water partition coefficient (Wildman–Crippen LogP) is 4.30. The highest BCUT2D eigenvalue weighted by Gasteiger charge is 2.12. The van der Waals surface area contributed by atoms with Gasteiger partial charge in [-0.3, -0.25) is 0 Å². The van der Waals surface area contributed by atoms with Gasteiger partial charge in [-0.1, -0.05) is 52.0 Å². The van der Waals surface area contributed by atoms with Crippen LogP contribution < -0.4 is 0 Å². The van der Waals surface area contributed by atoms with E-state index in [0.29, 0.717) is 6.10 Å². The van der Waals surface area contributed by atoms with Crippen molar-refractivity contribution in [2.45, 2.75) is 59.2 Å². The maximum Gasteiger partial charge on any atom is 0.0720 e. The molecule has 1 unspecified atom stereocenters. The van der Waals surface area contributed by atoms with Crippen molar-refractivity contribution in [2.75, 3.05) is 0 Å². The molecule has 0 heterocycles. The molecule has 0 aliphatic heterocycles. The Balaban J connectivity index is 2.58. The quantitative estimate of drug-likeness (QED) is 0.735. The molecule has 0 N–H and O–H groups in total. The summed E-state index contributed by atoms with van der Waals surface area (Å²) in [6, 6.07) is 8.75. The SMILES string of the molecule is CCC(C)OCc1ccc(C(C)(C)C)cc1. The van der Waals surface area contributed by atoms with Crippen LogP contribution in [0.1, 0.15) is 52.2 Å². The molecule has 1 aromatic carbocycles. The molecular formula is C15H24O. The maximum absolute atomic E-state index is 5.70. The van der Waals surface area contributed by atoms with Gasteiger partial charge < -0.3 is 4.74 Å². The zero-order chi connectivity index (χ0) is 12.2. The van der Waals surface area contributed by atoms with E-state index in [4.69, 9.17) is 4.74 Å². The summed E-state index contributed by atoms with van der Waals surface area (Å²) < 4.78 is 5.70. The van der Waals surface area contributed by atoms with E-state index in [0.717, 1.165) is 13.0 Å². The average molecular weight is 220 g/mol. The molecule has 1 rings (SSSR count). The second kappa shape index (κ2) is 5.49. The summed E-state index contributed by atoms with van der Waals surface area (Å²) in [6.07, 6.45) is 1.42. The standard InChI is InChI=1S/C15H24O/c1-6-12(2)16-11-13-7-9-14(10-8-13)15(3,4)5/h7-10,12H,6,11H2,1-5H3. The molecule has 1 heteroatoms. The molecule has 0 radical (unpaired) electrons. The Morgan fingerprint density at radius 3 is 2.12 bits per heavy atom. The van der Waals surface area contributed by atoms with Crippen molar-refractivity contribution in [1.82, 2.24) is 0 Å². The Morgan fingerprint density at radius 2 is 1.69 bits per heavy atom. The summed E-state index contributed by atoms with van der Waals surface area (Å²) in [5.74, 6) is 0. The highest BCUT2D eigenvalue weighted by Crippen LogP contribution is 2.22. The second-order valence-corrected chi connectivity index (χ2v) is 5.48. The molecule has 0 aliphatic rings. The molecule has 0 aromatic heterocycles. The van der Waals surface area contributed by atoms with Gasteiger partial charge in [-0.2, -0.15) is 0 Å². The molecule has 0 amide bonds. The summed E-state index contributed by atoms with van der Waals surface area (Å²) in [6.45, 7) is 11.7. The fourth-order valence-corrected chi connectivity index (χ4v) is 1.46. The van der Waals surface area contributed by atoms with Gasteiger partial charge in [0.15, 0.2) is 0 Å². The van der Waals surface area contributed by atoms with E-state index in [-0.39, 0.29) is 5.41 Å². The molecule has 1 aromatic rings. The van der Waals surface area contributed by atoms with Crippen molar-refractivity contribution in [3.05, 3.63) is 35.4 Å². The fraction of sp³-hybridized carbons (Fsp3) is 0.600. The predicted molar refractivity (Wildman–Crippen MR) is 69.7 cm³/mol. The maximum atomic E-state index is 5.70. The van der Waals surface area contributed by atoms with Crippen LogP contribution in [-0.4, -0.2) is 6.10 Å². The smallest absolute Gasteiger partial charge is 0.0720 e. The summed E-state index contributed by atoms with van der Waals surface area (Å²) >= 11 is 0. The van der Waals surface area contributed by atoms with Crippen LogP contribution in [0.5, 0.6) is 0 Å². The Hall–Kier alpha value is -0.820. The molecule has 1 nitrogen and oxygen atoms in total. The van der Waals surface area contributed by atoms with Gasteiger partial charge in [-0.25, -0.2) is 0 Å². The zero-order valence-corrected chi connectivity index (χ0v) is 11.2. The van der Waals surface area contributed by atoms with E-state index in [1.807, 2.05) is 0 Å². The van der Waals surface area contributed by atoms with Crippen molar-refractivity contribution in [3.8, 4) is 0 Å². The van der Waals surface area contributed by atoms with Crippen LogP contribution in [0.25, 0.3) is 0 Å². The van der Waals surface area contributed by atoms with Crippen molar-refractivity contribution >= 4 is 0 Å². The third kappa shape index (κ3) is 3.97. The first kappa shape index (κ1) is 13.2. The van der Waals surface area contributed by atoms with E-state index in [1.165, 1.54) is 11.1 Å². The van der Waals surface area contributed by atoms with E-state index in [9.17, 15) is 0 Å². The lowest BCUT2D eigenvalue weighted by Gasteiger charge is -2.19. The molecule has 0 spiro atoms. The minimum atomic E-state index is 0.232. The van der Waals surface area contributed by atoms with Gasteiger partial charge in [0.25, 0.3) is 0 Å². The van der Waals surface area contributed by atoms with E-state index < -0.39 is 0 Å². The van der Waals surface area contributed by atoms with Crippen molar-refractivity contribution in [3.63, 3.8) is 0 Å². The second-order valence-electron chi connectivity index (χ2n) is 5.48. The van der Waals surface area contributed by atoms with Crippen LogP contribution in [0.15, 0.2) is 24.3 Å². The van der Waals surface area contributed by atoms with Crippen molar-refractivity contribution < 1.29 is 4.74 Å². The van der Waals surface area contributed by atoms with Gasteiger partial charge in [0.2, 0.25) is 0 Å². The Bertz CT molecular complexity index is 305. The Morgan fingerprint density at radius 1 is 1.12 bits per heavy atom. The number of ether oxygens (including phenoxy) is 1. The zero-order valence-electron chi connectivity index (χ0n) is 11.2. The van der Waals surface area contributed by atoms with Crippen molar-refractivity contribution in [1.29, 1.82) is 0 Å². The highest BCUT2D eigenvalue weighted by molar-refractivity contribution is 5.27. The largest absolute Gasteiger partial charge is 0.374 e. The van der Waals surface area contributed by atoms with Gasteiger partial charge in [0, 0.05) is 0 Å². The molecular weight excluding hydrogens is 196 g/mol. The molecule has 0 saturated heterocycles. The topological polar surface area (TPSA) is 9.23 Å². The lowest BCUT2D eigenvalue weighted by Crippen LogP contribution is -2.11. The third-order valence-corrected chi connectivity index (χ3v) is 2.93. The molecule has 90 valence electrons. The fourth-order valence-electron chi connectivity index (χ4n) is 1.46. The first-order chi connectivity index (χ1) is 7.43. The van der Waals surface area contributed by atoms with E-state index >= 15 is 0 Å². The van der Waals surface area contributed by atoms with Crippen molar-refractivity contribution in [2.24, 2.45) is 0 Å². The van der Waals surface area contributed by atoms with E-state index in [1.54, 1.807) is 0 Å². The Kier molecular flexibility index (Phi) is 4.55. The molecule has 0 bridgehead atoms. The normalized spacial score (nSPS) is 13.8. The first-order valence-electron chi connectivity index (χ1n) is 6.14. The number of hydrogen-bond donors (Lipinski definition) is 0. The lowest BCUT2D eigenvalue weighted by atomic mass is 9.87. The summed E-state index contributed by atoms with van der Waals surface area (Å²) in [4.78, 5) is 0. The first-order valence-corrected chi connectivity index (χ1v) is 6.14. The van der Waals surface area contributed by atoms with Gasteiger partial charge >= 0.3 is 0 Å². The Labute approximate surface area is 99.8 Å². The third-order valence-electron chi connectivity index (χ3n) is 2.93. The minimum absolute atomic E-state index is 0.232. The summed E-state index contributed by atoms with van der Waals surface area (Å²) in [5.41, 5.74) is 2.86. The molecule has 16 heavy (non-hydrogen) atoms. The monoisotopic (exact) mass is 220 g/mol. The van der Waals surface area contributed by atoms with Crippen LogP contribution in [0, 0.1) is 0 Å².